The number of fused-ring (bicyclic) bond motifs is 1. The molecule has 1 saturated heterocycles. The van der Waals surface area contributed by atoms with E-state index in [1.54, 1.807) is 0 Å². The van der Waals surface area contributed by atoms with Crippen LogP contribution in [0.15, 0.2) is 42.5 Å². The van der Waals surface area contributed by atoms with Gasteiger partial charge < -0.3 is 9.80 Å². The van der Waals surface area contributed by atoms with Crippen molar-refractivity contribution in [3.05, 3.63) is 64.7 Å². The molecule has 0 aliphatic carbocycles. The first-order valence-corrected chi connectivity index (χ1v) is 9.81. The van der Waals surface area contributed by atoms with Gasteiger partial charge in [0.15, 0.2) is 0 Å². The second kappa shape index (κ2) is 7.51. The normalized spacial score (nSPS) is 17.9. The Hall–Kier alpha value is -2.31. The van der Waals surface area contributed by atoms with Crippen molar-refractivity contribution in [2.45, 2.75) is 38.6 Å². The number of aryl methyl sites for hydroxylation is 1. The van der Waals surface area contributed by atoms with Crippen LogP contribution in [0.1, 0.15) is 35.1 Å². The molecule has 0 amide bonds. The summed E-state index contributed by atoms with van der Waals surface area (Å²) in [5, 5.41) is 9.47. The molecule has 2 aliphatic rings. The minimum Gasteiger partial charge on any atom is -0.367 e. The van der Waals surface area contributed by atoms with Crippen LogP contribution in [0.2, 0.25) is 0 Å². The Bertz CT molecular complexity index is 812. The van der Waals surface area contributed by atoms with Crippen LogP contribution in [0, 0.1) is 18.3 Å². The standard InChI is InChI=1S/C23H27N3/c1-18-4-2-5-19(16-18)8-12-25-13-10-22(11-14-25)26-15-9-20-6-3-7-21(17-24)23(20)26/h2-7,16,22H,8-15H2,1H3. The number of likely N-dealkylation sites (tertiary alicyclic amines) is 1. The number of rotatable bonds is 4. The molecule has 26 heavy (non-hydrogen) atoms. The Morgan fingerprint density at radius 3 is 2.65 bits per heavy atom. The summed E-state index contributed by atoms with van der Waals surface area (Å²) in [6.45, 7) is 6.71. The van der Waals surface area contributed by atoms with Gasteiger partial charge in [-0.2, -0.15) is 5.26 Å². The van der Waals surface area contributed by atoms with Gasteiger partial charge in [0.05, 0.1) is 11.3 Å². The number of benzene rings is 2. The van der Waals surface area contributed by atoms with Crippen molar-refractivity contribution in [3.8, 4) is 6.07 Å². The van der Waals surface area contributed by atoms with Gasteiger partial charge in [-0.1, -0.05) is 42.0 Å². The van der Waals surface area contributed by atoms with E-state index in [-0.39, 0.29) is 0 Å². The first kappa shape index (κ1) is 17.1. The molecule has 0 unspecified atom stereocenters. The van der Waals surface area contributed by atoms with E-state index in [2.05, 4.69) is 53.1 Å². The molecule has 0 N–H and O–H groups in total. The molecule has 4 rings (SSSR count). The van der Waals surface area contributed by atoms with Crippen LogP contribution in [0.3, 0.4) is 0 Å². The summed E-state index contributed by atoms with van der Waals surface area (Å²) < 4.78 is 0. The lowest BCUT2D eigenvalue weighted by Crippen LogP contribution is -2.45. The molecule has 0 aromatic heterocycles. The first-order valence-electron chi connectivity index (χ1n) is 9.81. The van der Waals surface area contributed by atoms with Crippen molar-refractivity contribution in [1.29, 1.82) is 5.26 Å². The highest BCUT2D eigenvalue weighted by Gasteiger charge is 2.30. The summed E-state index contributed by atoms with van der Waals surface area (Å²) in [5.41, 5.74) is 6.21. The molecule has 134 valence electrons. The number of hydrogen-bond acceptors (Lipinski definition) is 3. The monoisotopic (exact) mass is 345 g/mol. The van der Waals surface area contributed by atoms with E-state index in [4.69, 9.17) is 0 Å². The topological polar surface area (TPSA) is 30.3 Å². The quantitative estimate of drug-likeness (QED) is 0.841. The Labute approximate surface area is 156 Å². The molecule has 1 fully saturated rings. The summed E-state index contributed by atoms with van der Waals surface area (Å²) in [4.78, 5) is 5.12. The molecule has 2 aromatic rings. The second-order valence-corrected chi connectivity index (χ2v) is 7.68. The highest BCUT2D eigenvalue weighted by molar-refractivity contribution is 5.67. The number of para-hydroxylation sites is 1. The predicted molar refractivity (Wildman–Crippen MR) is 107 cm³/mol. The maximum absolute atomic E-state index is 9.47. The van der Waals surface area contributed by atoms with Gasteiger partial charge in [-0.05, 0) is 49.8 Å². The van der Waals surface area contributed by atoms with Gasteiger partial charge in [-0.3, -0.25) is 0 Å². The third kappa shape index (κ3) is 3.48. The van der Waals surface area contributed by atoms with Crippen LogP contribution >= 0.6 is 0 Å². The molecule has 0 atom stereocenters. The molecular formula is C23H27N3. The van der Waals surface area contributed by atoms with Crippen LogP contribution in [0.5, 0.6) is 0 Å². The molecule has 0 saturated carbocycles. The summed E-state index contributed by atoms with van der Waals surface area (Å²) in [7, 11) is 0. The summed E-state index contributed by atoms with van der Waals surface area (Å²) in [6, 6.07) is 18.0. The SMILES string of the molecule is Cc1cccc(CCN2CCC(N3CCc4cccc(C#N)c43)CC2)c1. The lowest BCUT2D eigenvalue weighted by atomic mass is 10.0. The van der Waals surface area contributed by atoms with Gasteiger partial charge in [-0.25, -0.2) is 0 Å². The fraction of sp³-hybridized carbons (Fsp3) is 0.435. The number of piperidine rings is 1. The second-order valence-electron chi connectivity index (χ2n) is 7.68. The molecule has 0 radical (unpaired) electrons. The average Bonchev–Trinajstić information content (AvgIpc) is 3.11. The van der Waals surface area contributed by atoms with Crippen LogP contribution in [0.25, 0.3) is 0 Å². The average molecular weight is 345 g/mol. The molecule has 2 heterocycles. The fourth-order valence-corrected chi connectivity index (χ4v) is 4.55. The third-order valence-corrected chi connectivity index (χ3v) is 5.95. The van der Waals surface area contributed by atoms with Crippen molar-refractivity contribution < 1.29 is 0 Å². The summed E-state index contributed by atoms with van der Waals surface area (Å²) >= 11 is 0. The molecule has 3 nitrogen and oxygen atoms in total. The smallest absolute Gasteiger partial charge is 0.101 e. The maximum Gasteiger partial charge on any atom is 0.101 e. The highest BCUT2D eigenvalue weighted by Crippen LogP contribution is 2.35. The van der Waals surface area contributed by atoms with E-state index >= 15 is 0 Å². The van der Waals surface area contributed by atoms with Gasteiger partial charge in [0.1, 0.15) is 6.07 Å². The lowest BCUT2D eigenvalue weighted by Gasteiger charge is -2.38. The van der Waals surface area contributed by atoms with Gasteiger partial charge >= 0.3 is 0 Å². The van der Waals surface area contributed by atoms with Gasteiger partial charge in [-0.15, -0.1) is 0 Å². The zero-order chi connectivity index (χ0) is 17.9. The van der Waals surface area contributed by atoms with Crippen molar-refractivity contribution in [2.75, 3.05) is 31.1 Å². The van der Waals surface area contributed by atoms with Gasteiger partial charge in [0, 0.05) is 32.2 Å². The number of anilines is 1. The molecule has 3 heteroatoms. The van der Waals surface area contributed by atoms with Gasteiger partial charge in [0.25, 0.3) is 0 Å². The Morgan fingerprint density at radius 1 is 1.08 bits per heavy atom. The highest BCUT2D eigenvalue weighted by atomic mass is 15.2. The van der Waals surface area contributed by atoms with Crippen molar-refractivity contribution >= 4 is 5.69 Å². The van der Waals surface area contributed by atoms with Crippen molar-refractivity contribution in [3.63, 3.8) is 0 Å². The maximum atomic E-state index is 9.47. The molecule has 0 bridgehead atoms. The third-order valence-electron chi connectivity index (χ3n) is 5.95. The zero-order valence-electron chi connectivity index (χ0n) is 15.6. The van der Waals surface area contributed by atoms with E-state index < -0.39 is 0 Å². The molecular weight excluding hydrogens is 318 g/mol. The lowest BCUT2D eigenvalue weighted by molar-refractivity contribution is 0.212. The van der Waals surface area contributed by atoms with Crippen LogP contribution in [-0.2, 0) is 12.8 Å². The molecule has 0 spiro atoms. The fourth-order valence-electron chi connectivity index (χ4n) is 4.55. The van der Waals surface area contributed by atoms with Crippen LogP contribution in [-0.4, -0.2) is 37.1 Å². The van der Waals surface area contributed by atoms with E-state index in [1.165, 1.54) is 35.2 Å². The number of nitrogens with zero attached hydrogens (tertiary/aromatic N) is 3. The van der Waals surface area contributed by atoms with Crippen molar-refractivity contribution in [2.24, 2.45) is 0 Å². The Morgan fingerprint density at radius 2 is 1.88 bits per heavy atom. The van der Waals surface area contributed by atoms with E-state index in [0.29, 0.717) is 6.04 Å². The van der Waals surface area contributed by atoms with E-state index in [9.17, 15) is 5.26 Å². The Kier molecular flexibility index (Phi) is 4.95. The number of nitriles is 1. The molecule has 2 aliphatic heterocycles. The molecule has 2 aromatic carbocycles. The summed E-state index contributed by atoms with van der Waals surface area (Å²) in [6.07, 6.45) is 4.62. The predicted octanol–water partition coefficient (Wildman–Crippen LogP) is 3.94. The zero-order valence-corrected chi connectivity index (χ0v) is 15.6. The minimum atomic E-state index is 0.584. The largest absolute Gasteiger partial charge is 0.367 e. The van der Waals surface area contributed by atoms with Gasteiger partial charge in [0.2, 0.25) is 0 Å². The first-order chi connectivity index (χ1) is 12.7. The van der Waals surface area contributed by atoms with Crippen LogP contribution in [0.4, 0.5) is 5.69 Å². The minimum absolute atomic E-state index is 0.584. The van der Waals surface area contributed by atoms with E-state index in [0.717, 1.165) is 44.6 Å². The van der Waals surface area contributed by atoms with E-state index in [1.807, 2.05) is 12.1 Å². The van der Waals surface area contributed by atoms with Crippen LogP contribution < -0.4 is 4.90 Å². The Balaban J connectivity index is 1.35. The summed E-state index contributed by atoms with van der Waals surface area (Å²) in [5.74, 6) is 0. The number of hydrogen-bond donors (Lipinski definition) is 0. The van der Waals surface area contributed by atoms with Crippen molar-refractivity contribution in [1.82, 2.24) is 4.90 Å².